The first-order chi connectivity index (χ1) is 25.8. The van der Waals surface area contributed by atoms with Gasteiger partial charge in [0.05, 0.1) is 32.6 Å². The summed E-state index contributed by atoms with van der Waals surface area (Å²) in [6.45, 7) is 2.95. The Morgan fingerprint density at radius 1 is 0.704 bits per heavy atom. The van der Waals surface area contributed by atoms with E-state index in [0.29, 0.717) is 28.5 Å². The molecule has 0 spiro atoms. The maximum Gasteiger partial charge on any atom is 0.569 e. The van der Waals surface area contributed by atoms with Gasteiger partial charge in [-0.2, -0.15) is 0 Å². The highest BCUT2D eigenvalue weighted by molar-refractivity contribution is 6.39. The van der Waals surface area contributed by atoms with E-state index >= 15 is 0 Å². The summed E-state index contributed by atoms with van der Waals surface area (Å²) in [4.78, 5) is 47.3. The smallest absolute Gasteiger partial charge is 0.536 e. The Labute approximate surface area is 331 Å². The van der Waals surface area contributed by atoms with Crippen molar-refractivity contribution in [2.45, 2.75) is 25.7 Å². The van der Waals surface area contributed by atoms with E-state index in [1.165, 1.54) is 0 Å². The molecule has 2 aliphatic rings. The lowest BCUT2D eigenvalue weighted by molar-refractivity contribution is -0.123. The largest absolute Gasteiger partial charge is 0.569 e. The topological polar surface area (TPSA) is 180 Å². The summed E-state index contributed by atoms with van der Waals surface area (Å²) in [5.41, 5.74) is 14.4. The van der Waals surface area contributed by atoms with Gasteiger partial charge < -0.3 is 40.7 Å². The van der Waals surface area contributed by atoms with Crippen molar-refractivity contribution in [3.63, 3.8) is 0 Å². The highest BCUT2D eigenvalue weighted by Crippen LogP contribution is 2.38. The Hall–Kier alpha value is -4.57. The fraction of sp³-hybridized carbons (Fsp3) is 0.389. The maximum atomic E-state index is 11.4. The third kappa shape index (κ3) is 11.5. The number of nitrogens with zero attached hydrogens (tertiary/aromatic N) is 8. The molecule has 18 heteroatoms. The van der Waals surface area contributed by atoms with Crippen molar-refractivity contribution in [1.29, 1.82) is 0 Å². The predicted molar refractivity (Wildman–Crippen MR) is 216 cm³/mol. The second-order valence-electron chi connectivity index (χ2n) is 13.1. The van der Waals surface area contributed by atoms with Crippen LogP contribution in [-0.2, 0) is 9.59 Å². The highest BCUT2D eigenvalue weighted by Gasteiger charge is 2.27. The quantitative estimate of drug-likeness (QED) is 0.199. The first kappa shape index (κ1) is 42.2. The van der Waals surface area contributed by atoms with Crippen molar-refractivity contribution in [2.75, 3.05) is 74.0 Å². The van der Waals surface area contributed by atoms with Gasteiger partial charge in [-0.3, -0.25) is 19.6 Å². The van der Waals surface area contributed by atoms with Crippen LogP contribution in [0.5, 0.6) is 5.75 Å². The number of aromatic nitrogens is 4. The van der Waals surface area contributed by atoms with Crippen LogP contribution in [0.3, 0.4) is 0 Å². The standard InChI is InChI=1S/C18H22ClN5O.C11H13Cl2N3O.C7H10BN2O2/c1-23(2)16-4-3-13(9-22-16)14-10-21-11-15(19)17(14)24-7-5-12(6-8-24)18(20)25;12-8-5-15-6-9(13)10(8)16-3-1-7(2-4-16)11(14)17;1-10(2)7-4-3-6(5-9-7)12-8-11/h3-4,9-12H,5-8H2,1-2H3,(H2,20,25);5-7H,1-4H2,(H2,14,17);3-5,11H,1-2H3. The van der Waals surface area contributed by atoms with Crippen LogP contribution in [0, 0.1) is 11.8 Å². The third-order valence-corrected chi connectivity index (χ3v) is 9.84. The molecule has 6 rings (SSSR count). The zero-order valence-corrected chi connectivity index (χ0v) is 33.0. The van der Waals surface area contributed by atoms with Gasteiger partial charge in [0.1, 0.15) is 17.4 Å². The Morgan fingerprint density at radius 2 is 1.15 bits per heavy atom. The lowest BCUT2D eigenvalue weighted by atomic mass is 9.95. The van der Waals surface area contributed by atoms with Gasteiger partial charge in [-0.25, -0.2) is 9.97 Å². The van der Waals surface area contributed by atoms with Crippen LogP contribution in [0.4, 0.5) is 23.0 Å². The summed E-state index contributed by atoms with van der Waals surface area (Å²) < 4.78 is 4.69. The molecule has 1 radical (unpaired) electrons. The number of anilines is 4. The lowest BCUT2D eigenvalue weighted by Gasteiger charge is -2.34. The molecule has 2 amide bonds. The van der Waals surface area contributed by atoms with Gasteiger partial charge in [-0.1, -0.05) is 34.8 Å². The third-order valence-electron chi connectivity index (χ3n) is 9.01. The average molecular weight is 799 g/mol. The Kier molecular flexibility index (Phi) is 15.8. The fourth-order valence-corrected chi connectivity index (χ4v) is 6.90. The monoisotopic (exact) mass is 797 g/mol. The summed E-state index contributed by atoms with van der Waals surface area (Å²) in [7, 11) is 8.35. The van der Waals surface area contributed by atoms with Crippen molar-refractivity contribution < 1.29 is 19.3 Å². The second-order valence-corrected chi connectivity index (χ2v) is 14.3. The molecule has 14 nitrogen and oxygen atoms in total. The van der Waals surface area contributed by atoms with E-state index in [1.54, 1.807) is 36.9 Å². The number of hydrogen-bond donors (Lipinski definition) is 3. The normalized spacial score (nSPS) is 14.5. The number of halogens is 3. The van der Waals surface area contributed by atoms with Gasteiger partial charge in [0, 0.05) is 108 Å². The molecule has 5 N–H and O–H groups in total. The van der Waals surface area contributed by atoms with Crippen molar-refractivity contribution in [2.24, 2.45) is 23.3 Å². The summed E-state index contributed by atoms with van der Waals surface area (Å²) in [5, 5.41) is 9.99. The number of carbonyl (C=O) groups is 2. The van der Waals surface area contributed by atoms with E-state index in [2.05, 4.69) is 29.7 Å². The molecule has 4 aromatic heterocycles. The van der Waals surface area contributed by atoms with Gasteiger partial charge in [-0.15, -0.1) is 0 Å². The van der Waals surface area contributed by atoms with Crippen LogP contribution in [0.1, 0.15) is 25.7 Å². The van der Waals surface area contributed by atoms with Gasteiger partial charge in [0.15, 0.2) is 0 Å². The Bertz CT molecular complexity index is 1800. The molecule has 0 aliphatic carbocycles. The maximum absolute atomic E-state index is 11.4. The SMILES string of the molecule is CN(C)c1ccc(-c2cncc(Cl)c2N2CCC(C(N)=O)CC2)cn1.CN(C)c1ccc(O[B]O)cn1.NC(=O)C1CCN(c2c(Cl)cncc2Cl)CC1. The van der Waals surface area contributed by atoms with Crippen molar-refractivity contribution in [1.82, 2.24) is 19.9 Å². The first-order valence-corrected chi connectivity index (χ1v) is 18.3. The minimum absolute atomic E-state index is 0.0364. The van der Waals surface area contributed by atoms with Crippen LogP contribution in [0.15, 0.2) is 61.4 Å². The number of pyridine rings is 4. The molecule has 2 fully saturated rings. The van der Waals surface area contributed by atoms with Gasteiger partial charge in [0.2, 0.25) is 11.8 Å². The molecule has 0 aromatic carbocycles. The summed E-state index contributed by atoms with van der Waals surface area (Å²) >= 11 is 18.6. The average Bonchev–Trinajstić information content (AvgIpc) is 3.16. The molecule has 287 valence electrons. The highest BCUT2D eigenvalue weighted by atomic mass is 35.5. The number of carbonyl (C=O) groups excluding carboxylic acids is 2. The molecule has 0 saturated carbocycles. The van der Waals surface area contributed by atoms with E-state index in [9.17, 15) is 9.59 Å². The molecule has 2 aliphatic heterocycles. The zero-order valence-electron chi connectivity index (χ0n) is 30.7. The van der Waals surface area contributed by atoms with E-state index in [1.807, 2.05) is 62.5 Å². The number of hydrogen-bond acceptors (Lipinski definition) is 12. The number of piperidine rings is 2. The number of nitrogens with two attached hydrogens (primary N) is 2. The fourth-order valence-electron chi connectivity index (χ4n) is 6.02. The molecule has 2 saturated heterocycles. The molecule has 54 heavy (non-hydrogen) atoms. The lowest BCUT2D eigenvalue weighted by Crippen LogP contribution is -2.38. The Balaban J connectivity index is 0.000000194. The van der Waals surface area contributed by atoms with Gasteiger partial charge in [-0.05, 0) is 49.9 Å². The molecular weight excluding hydrogens is 754 g/mol. The van der Waals surface area contributed by atoms with Crippen LogP contribution >= 0.6 is 34.8 Å². The predicted octanol–water partition coefficient (Wildman–Crippen LogP) is 4.71. The molecule has 0 unspecified atom stereocenters. The molecular formula is C36H45BCl3N10O4. The van der Waals surface area contributed by atoms with Crippen molar-refractivity contribution in [3.05, 3.63) is 76.5 Å². The number of amides is 2. The molecule has 6 heterocycles. The molecule has 0 atom stereocenters. The van der Waals surface area contributed by atoms with Crippen LogP contribution in [-0.4, -0.2) is 98.8 Å². The number of primary amides is 2. The molecule has 0 bridgehead atoms. The molecule has 4 aromatic rings. The first-order valence-electron chi connectivity index (χ1n) is 17.2. The summed E-state index contributed by atoms with van der Waals surface area (Å²) in [5.74, 6) is 1.72. The van der Waals surface area contributed by atoms with E-state index in [-0.39, 0.29) is 23.7 Å². The second kappa shape index (κ2) is 20.2. The van der Waals surface area contributed by atoms with Crippen LogP contribution < -0.4 is 35.7 Å². The van der Waals surface area contributed by atoms with Gasteiger partial charge >= 0.3 is 7.69 Å². The number of rotatable bonds is 9. The van der Waals surface area contributed by atoms with Crippen molar-refractivity contribution >= 4 is 77.3 Å². The minimum atomic E-state index is -0.225. The van der Waals surface area contributed by atoms with E-state index < -0.39 is 0 Å². The Morgan fingerprint density at radius 3 is 1.56 bits per heavy atom. The van der Waals surface area contributed by atoms with Crippen LogP contribution in [0.2, 0.25) is 15.1 Å². The van der Waals surface area contributed by atoms with E-state index in [0.717, 1.165) is 86.0 Å². The van der Waals surface area contributed by atoms with Gasteiger partial charge in [0.25, 0.3) is 0 Å². The summed E-state index contributed by atoms with van der Waals surface area (Å²) in [6, 6.07) is 7.53. The van der Waals surface area contributed by atoms with E-state index in [4.69, 9.17) is 55.9 Å². The summed E-state index contributed by atoms with van der Waals surface area (Å²) in [6.07, 6.45) is 13.0. The van der Waals surface area contributed by atoms with Crippen LogP contribution in [0.25, 0.3) is 11.1 Å². The van der Waals surface area contributed by atoms with Crippen molar-refractivity contribution in [3.8, 4) is 16.9 Å². The minimum Gasteiger partial charge on any atom is -0.536 e. The zero-order chi connectivity index (χ0) is 39.4.